The van der Waals surface area contributed by atoms with Crippen LogP contribution in [0.15, 0.2) is 26.5 Å². The van der Waals surface area contributed by atoms with Crippen molar-refractivity contribution < 1.29 is 9.32 Å². The highest BCUT2D eigenvalue weighted by Gasteiger charge is 2.10. The van der Waals surface area contributed by atoms with Gasteiger partial charge < -0.3 is 9.84 Å². The molecular formula is C11H13N3O2S2. The van der Waals surface area contributed by atoms with Crippen LogP contribution >= 0.6 is 23.1 Å². The van der Waals surface area contributed by atoms with Crippen molar-refractivity contribution in [2.75, 3.05) is 12.3 Å². The number of aromatic nitrogens is 2. The summed E-state index contributed by atoms with van der Waals surface area (Å²) in [5, 5.41) is 8.41. The number of nitrogens with one attached hydrogen (secondary N) is 1. The Kier molecular flexibility index (Phi) is 4.77. The Bertz CT molecular complexity index is 496. The van der Waals surface area contributed by atoms with Gasteiger partial charge in [0.25, 0.3) is 5.91 Å². The number of nitrogens with zero attached hydrogens (tertiary/aromatic N) is 2. The zero-order valence-electron chi connectivity index (χ0n) is 9.88. The van der Waals surface area contributed by atoms with Crippen LogP contribution in [0.5, 0.6) is 0 Å². The van der Waals surface area contributed by atoms with Crippen molar-refractivity contribution in [1.82, 2.24) is 15.5 Å². The van der Waals surface area contributed by atoms with Crippen molar-refractivity contribution in [2.45, 2.75) is 17.7 Å². The Labute approximate surface area is 113 Å². The molecule has 2 heterocycles. The van der Waals surface area contributed by atoms with Gasteiger partial charge in [-0.3, -0.25) is 4.79 Å². The van der Waals surface area contributed by atoms with E-state index in [1.54, 1.807) is 42.3 Å². The van der Waals surface area contributed by atoms with Crippen LogP contribution in [0.1, 0.15) is 22.7 Å². The van der Waals surface area contributed by atoms with Crippen molar-refractivity contribution >= 4 is 29.0 Å². The lowest BCUT2D eigenvalue weighted by Gasteiger charge is -2.01. The van der Waals surface area contributed by atoms with E-state index >= 15 is 0 Å². The van der Waals surface area contributed by atoms with Gasteiger partial charge in [-0.1, -0.05) is 16.9 Å². The molecule has 18 heavy (non-hydrogen) atoms. The summed E-state index contributed by atoms with van der Waals surface area (Å²) < 4.78 is 5.93. The highest BCUT2D eigenvalue weighted by molar-refractivity contribution is 8.00. The maximum Gasteiger partial charge on any atom is 0.289 e. The fourth-order valence-electron chi connectivity index (χ4n) is 1.27. The number of carbonyl (C=O) groups is 1. The maximum atomic E-state index is 11.6. The van der Waals surface area contributed by atoms with E-state index in [9.17, 15) is 4.79 Å². The minimum absolute atomic E-state index is 0.213. The van der Waals surface area contributed by atoms with Crippen LogP contribution in [0, 0.1) is 6.92 Å². The van der Waals surface area contributed by atoms with E-state index in [4.69, 9.17) is 4.52 Å². The monoisotopic (exact) mass is 283 g/mol. The third-order valence-electron chi connectivity index (χ3n) is 2.09. The van der Waals surface area contributed by atoms with Crippen LogP contribution in [-0.2, 0) is 0 Å². The lowest BCUT2D eigenvalue weighted by Crippen LogP contribution is -2.24. The van der Waals surface area contributed by atoms with Crippen LogP contribution in [0.4, 0.5) is 0 Å². The number of thiazole rings is 1. The highest BCUT2D eigenvalue weighted by atomic mass is 32.2. The molecule has 0 aliphatic rings. The summed E-state index contributed by atoms with van der Waals surface area (Å²) in [5.41, 5.74) is 0.708. The Balaban J connectivity index is 1.62. The number of hydrogen-bond donors (Lipinski definition) is 1. The summed E-state index contributed by atoms with van der Waals surface area (Å²) in [7, 11) is 0. The maximum absolute atomic E-state index is 11.6. The Morgan fingerprint density at radius 3 is 3.17 bits per heavy atom. The molecule has 7 heteroatoms. The van der Waals surface area contributed by atoms with Gasteiger partial charge in [-0.15, -0.1) is 11.3 Å². The molecule has 0 atom stereocenters. The molecule has 1 amide bonds. The Hall–Kier alpha value is -1.34. The molecule has 0 saturated carbocycles. The van der Waals surface area contributed by atoms with Gasteiger partial charge in [0.1, 0.15) is 4.34 Å². The molecule has 0 aliphatic carbocycles. The van der Waals surface area contributed by atoms with E-state index in [1.165, 1.54) is 0 Å². The molecule has 0 saturated heterocycles. The average molecular weight is 283 g/mol. The van der Waals surface area contributed by atoms with E-state index < -0.39 is 0 Å². The predicted octanol–water partition coefficient (Wildman–Crippen LogP) is 2.35. The van der Waals surface area contributed by atoms with Gasteiger partial charge in [-0.05, 0) is 13.3 Å². The molecule has 0 radical (unpaired) electrons. The first-order valence-corrected chi connectivity index (χ1v) is 7.36. The van der Waals surface area contributed by atoms with E-state index in [0.717, 1.165) is 16.5 Å². The molecule has 0 spiro atoms. The van der Waals surface area contributed by atoms with Gasteiger partial charge in [-0.25, -0.2) is 4.98 Å². The SMILES string of the molecule is Cc1cc(C(=O)NCCCSc2nccs2)on1. The smallest absolute Gasteiger partial charge is 0.289 e. The van der Waals surface area contributed by atoms with Crippen LogP contribution in [-0.4, -0.2) is 28.3 Å². The van der Waals surface area contributed by atoms with Gasteiger partial charge in [0, 0.05) is 29.9 Å². The topological polar surface area (TPSA) is 68.0 Å². The molecule has 0 fully saturated rings. The van der Waals surface area contributed by atoms with Gasteiger partial charge in [0.05, 0.1) is 5.69 Å². The van der Waals surface area contributed by atoms with Gasteiger partial charge in [0.2, 0.25) is 5.76 Å². The average Bonchev–Trinajstić information content (AvgIpc) is 2.99. The molecule has 0 bridgehead atoms. The first kappa shape index (κ1) is 13.1. The van der Waals surface area contributed by atoms with E-state index in [1.807, 2.05) is 5.38 Å². The van der Waals surface area contributed by atoms with Crippen LogP contribution in [0.3, 0.4) is 0 Å². The molecular weight excluding hydrogens is 270 g/mol. The highest BCUT2D eigenvalue weighted by Crippen LogP contribution is 2.20. The third-order valence-corrected chi connectivity index (χ3v) is 4.15. The summed E-state index contributed by atoms with van der Waals surface area (Å²) in [6, 6.07) is 1.62. The molecule has 5 nitrogen and oxygen atoms in total. The number of rotatable bonds is 6. The predicted molar refractivity (Wildman–Crippen MR) is 71.0 cm³/mol. The largest absolute Gasteiger partial charge is 0.351 e. The lowest BCUT2D eigenvalue weighted by atomic mass is 10.3. The second-order valence-electron chi connectivity index (χ2n) is 3.59. The quantitative estimate of drug-likeness (QED) is 0.651. The van der Waals surface area contributed by atoms with Crippen LogP contribution in [0.25, 0.3) is 0 Å². The molecule has 2 aromatic heterocycles. The fourth-order valence-corrected chi connectivity index (χ4v) is 2.92. The minimum atomic E-state index is -0.213. The number of hydrogen-bond acceptors (Lipinski definition) is 6. The second-order valence-corrected chi connectivity index (χ2v) is 5.83. The summed E-state index contributed by atoms with van der Waals surface area (Å²) >= 11 is 3.33. The molecule has 0 unspecified atom stereocenters. The Morgan fingerprint density at radius 2 is 2.50 bits per heavy atom. The zero-order chi connectivity index (χ0) is 12.8. The lowest BCUT2D eigenvalue weighted by molar-refractivity contribution is 0.0917. The van der Waals surface area contributed by atoms with Crippen molar-refractivity contribution in [2.24, 2.45) is 0 Å². The van der Waals surface area contributed by atoms with Crippen molar-refractivity contribution in [3.63, 3.8) is 0 Å². The number of thioether (sulfide) groups is 1. The number of amides is 1. The molecule has 2 rings (SSSR count). The molecule has 0 aromatic carbocycles. The fraction of sp³-hybridized carbons (Fsp3) is 0.364. The molecule has 0 aliphatic heterocycles. The third kappa shape index (κ3) is 3.85. The van der Waals surface area contributed by atoms with Crippen LogP contribution in [0.2, 0.25) is 0 Å². The molecule has 2 aromatic rings. The standard InChI is InChI=1S/C11H13N3O2S2/c1-8-7-9(16-14-8)10(15)12-3-2-5-17-11-13-4-6-18-11/h4,6-7H,2-3,5H2,1H3,(H,12,15). The summed E-state index contributed by atoms with van der Waals surface area (Å²) in [4.78, 5) is 15.8. The van der Waals surface area contributed by atoms with Crippen LogP contribution < -0.4 is 5.32 Å². The van der Waals surface area contributed by atoms with E-state index in [2.05, 4.69) is 15.5 Å². The van der Waals surface area contributed by atoms with Gasteiger partial charge >= 0.3 is 0 Å². The van der Waals surface area contributed by atoms with Crippen molar-refractivity contribution in [1.29, 1.82) is 0 Å². The minimum Gasteiger partial charge on any atom is -0.351 e. The van der Waals surface area contributed by atoms with E-state index in [-0.39, 0.29) is 11.7 Å². The first-order valence-electron chi connectivity index (χ1n) is 5.49. The van der Waals surface area contributed by atoms with E-state index in [0.29, 0.717) is 12.2 Å². The number of aryl methyl sites for hydroxylation is 1. The van der Waals surface area contributed by atoms with Gasteiger partial charge in [-0.2, -0.15) is 0 Å². The first-order chi connectivity index (χ1) is 8.75. The van der Waals surface area contributed by atoms with Crippen molar-refractivity contribution in [3.05, 3.63) is 29.1 Å². The summed E-state index contributed by atoms with van der Waals surface area (Å²) in [6.07, 6.45) is 2.68. The van der Waals surface area contributed by atoms with Gasteiger partial charge in [0.15, 0.2) is 0 Å². The molecule has 1 N–H and O–H groups in total. The normalized spacial score (nSPS) is 10.5. The Morgan fingerprint density at radius 1 is 1.61 bits per heavy atom. The zero-order valence-corrected chi connectivity index (χ0v) is 11.5. The molecule has 96 valence electrons. The second kappa shape index (κ2) is 6.55. The summed E-state index contributed by atoms with van der Waals surface area (Å²) in [6.45, 7) is 2.40. The summed E-state index contributed by atoms with van der Waals surface area (Å²) in [5.74, 6) is 0.985. The van der Waals surface area contributed by atoms with Crippen molar-refractivity contribution in [3.8, 4) is 0 Å². The number of carbonyl (C=O) groups excluding carboxylic acids is 1.